The van der Waals surface area contributed by atoms with Crippen LogP contribution in [0.25, 0.3) is 22.2 Å². The first kappa shape index (κ1) is 23.7. The zero-order valence-electron chi connectivity index (χ0n) is 21.1. The van der Waals surface area contributed by atoms with Crippen molar-refractivity contribution in [2.75, 3.05) is 23.7 Å². The van der Waals surface area contributed by atoms with Crippen LogP contribution in [0.1, 0.15) is 50.8 Å². The molecule has 0 amide bonds. The minimum Gasteiger partial charge on any atom is -0.393 e. The summed E-state index contributed by atoms with van der Waals surface area (Å²) < 4.78 is 2.08. The second-order valence-electron chi connectivity index (χ2n) is 9.96. The highest BCUT2D eigenvalue weighted by atomic mass is 16.3. The summed E-state index contributed by atoms with van der Waals surface area (Å²) in [6.07, 6.45) is 14.4. The van der Waals surface area contributed by atoms with Gasteiger partial charge < -0.3 is 21.1 Å². The lowest BCUT2D eigenvalue weighted by atomic mass is 10.1. The number of rotatable bonds is 7. The van der Waals surface area contributed by atoms with Crippen LogP contribution in [0.5, 0.6) is 0 Å². The molecule has 1 saturated carbocycles. The van der Waals surface area contributed by atoms with Crippen LogP contribution < -0.4 is 16.0 Å². The lowest BCUT2D eigenvalue weighted by Crippen LogP contribution is -2.29. The van der Waals surface area contributed by atoms with E-state index in [-0.39, 0.29) is 12.1 Å². The van der Waals surface area contributed by atoms with E-state index in [2.05, 4.69) is 38.7 Å². The largest absolute Gasteiger partial charge is 0.393 e. The second-order valence-corrected chi connectivity index (χ2v) is 9.96. The van der Waals surface area contributed by atoms with Crippen LogP contribution in [-0.4, -0.2) is 60.1 Å². The molecule has 0 unspecified atom stereocenters. The summed E-state index contributed by atoms with van der Waals surface area (Å²) in [5.41, 5.74) is 5.08. The molecule has 5 heterocycles. The number of nitrogens with one attached hydrogen (secondary N) is 3. The minimum absolute atomic E-state index is 0.188. The van der Waals surface area contributed by atoms with Gasteiger partial charge in [0.2, 0.25) is 0 Å². The van der Waals surface area contributed by atoms with Crippen LogP contribution in [-0.2, 0) is 6.42 Å². The predicted molar refractivity (Wildman–Crippen MR) is 144 cm³/mol. The summed E-state index contributed by atoms with van der Waals surface area (Å²) in [7, 11) is 0. The van der Waals surface area contributed by atoms with Gasteiger partial charge in [-0.1, -0.05) is 6.92 Å². The number of hydrogen-bond acceptors (Lipinski definition) is 9. The average molecular weight is 500 g/mol. The van der Waals surface area contributed by atoms with Gasteiger partial charge in [-0.05, 0) is 63.7 Å². The summed E-state index contributed by atoms with van der Waals surface area (Å²) in [4.78, 5) is 19.2. The van der Waals surface area contributed by atoms with E-state index in [1.165, 1.54) is 0 Å². The number of aromatic nitrogens is 6. The van der Waals surface area contributed by atoms with Crippen molar-refractivity contribution in [2.45, 2.75) is 63.6 Å². The molecule has 0 spiro atoms. The molecule has 1 saturated heterocycles. The standard InChI is InChI=1S/C27H33N9O/c1-2-23-26(32-18-5-6-21(37)12-18)35-24-22(17-13-31-36(16-17)20-7-10-28-11-8-20)15-30-27(25(24)34-23)33-19-4-3-9-29-14-19/h3-4,9,13-16,18,20-21,28,37H,2,5-8,10-12H2,1H3,(H,30,33)(H,32,35)/t18-,21+/m1/s1. The highest BCUT2D eigenvalue weighted by molar-refractivity contribution is 5.98. The zero-order chi connectivity index (χ0) is 25.2. The van der Waals surface area contributed by atoms with Crippen LogP contribution in [0.4, 0.5) is 17.3 Å². The Morgan fingerprint density at radius 2 is 1.95 bits per heavy atom. The van der Waals surface area contributed by atoms with Gasteiger partial charge in [-0.3, -0.25) is 9.67 Å². The molecule has 0 bridgehead atoms. The molecule has 1 aliphatic carbocycles. The first-order chi connectivity index (χ1) is 18.2. The monoisotopic (exact) mass is 499 g/mol. The van der Waals surface area contributed by atoms with Crippen molar-refractivity contribution >= 4 is 28.4 Å². The predicted octanol–water partition coefficient (Wildman–Crippen LogP) is 3.84. The van der Waals surface area contributed by atoms with Crippen LogP contribution in [0, 0.1) is 0 Å². The van der Waals surface area contributed by atoms with Gasteiger partial charge in [0.15, 0.2) is 5.82 Å². The third-order valence-electron chi connectivity index (χ3n) is 7.37. The Kier molecular flexibility index (Phi) is 6.67. The van der Waals surface area contributed by atoms with Gasteiger partial charge in [0, 0.05) is 35.8 Å². The average Bonchev–Trinajstić information content (AvgIpc) is 3.59. The van der Waals surface area contributed by atoms with E-state index in [1.807, 2.05) is 24.5 Å². The van der Waals surface area contributed by atoms with Crippen LogP contribution in [0.2, 0.25) is 0 Å². The number of aliphatic hydroxyl groups is 1. The molecule has 0 radical (unpaired) electrons. The van der Waals surface area contributed by atoms with Gasteiger partial charge in [0.25, 0.3) is 0 Å². The van der Waals surface area contributed by atoms with Gasteiger partial charge >= 0.3 is 0 Å². The number of piperidine rings is 1. The smallest absolute Gasteiger partial charge is 0.158 e. The van der Waals surface area contributed by atoms with Crippen molar-refractivity contribution in [1.82, 2.24) is 35.0 Å². The molecule has 4 aromatic heterocycles. The van der Waals surface area contributed by atoms with E-state index in [0.29, 0.717) is 17.4 Å². The lowest BCUT2D eigenvalue weighted by Gasteiger charge is -2.22. The molecule has 0 aromatic carbocycles. The molecule has 2 fully saturated rings. The Morgan fingerprint density at radius 3 is 2.70 bits per heavy atom. The number of anilines is 3. The summed E-state index contributed by atoms with van der Waals surface area (Å²) in [5, 5.41) is 25.1. The summed E-state index contributed by atoms with van der Waals surface area (Å²) in [6.45, 7) is 4.10. The number of fused-ring (bicyclic) bond motifs is 1. The number of nitrogens with zero attached hydrogens (tertiary/aromatic N) is 6. The zero-order valence-corrected chi connectivity index (χ0v) is 21.1. The van der Waals surface area contributed by atoms with Gasteiger partial charge in [0.1, 0.15) is 16.9 Å². The Hall–Kier alpha value is -3.63. The number of aryl methyl sites for hydroxylation is 1. The maximum absolute atomic E-state index is 10.0. The summed E-state index contributed by atoms with van der Waals surface area (Å²) in [5.74, 6) is 1.42. The molecule has 6 rings (SSSR count). The first-order valence-corrected chi connectivity index (χ1v) is 13.2. The molecule has 1 aliphatic heterocycles. The maximum atomic E-state index is 10.0. The highest BCUT2D eigenvalue weighted by Crippen LogP contribution is 2.34. The van der Waals surface area contributed by atoms with Gasteiger partial charge in [-0.2, -0.15) is 5.10 Å². The maximum Gasteiger partial charge on any atom is 0.158 e. The fourth-order valence-corrected chi connectivity index (χ4v) is 5.34. The minimum atomic E-state index is -0.258. The van der Waals surface area contributed by atoms with Crippen LogP contribution >= 0.6 is 0 Å². The Balaban J connectivity index is 1.44. The van der Waals surface area contributed by atoms with Crippen LogP contribution in [0.3, 0.4) is 0 Å². The molecule has 4 aromatic rings. The quantitative estimate of drug-likeness (QED) is 0.300. The molecule has 4 N–H and O–H groups in total. The summed E-state index contributed by atoms with van der Waals surface area (Å²) >= 11 is 0. The van der Waals surface area contributed by atoms with Crippen molar-refractivity contribution in [1.29, 1.82) is 0 Å². The molecule has 10 heteroatoms. The molecule has 2 atom stereocenters. The highest BCUT2D eigenvalue weighted by Gasteiger charge is 2.25. The molecular formula is C27H33N9O. The third kappa shape index (κ3) is 4.99. The first-order valence-electron chi connectivity index (χ1n) is 13.2. The fourth-order valence-electron chi connectivity index (χ4n) is 5.34. The second kappa shape index (κ2) is 10.4. The lowest BCUT2D eigenvalue weighted by molar-refractivity contribution is 0.182. The van der Waals surface area contributed by atoms with E-state index in [1.54, 1.807) is 12.4 Å². The van der Waals surface area contributed by atoms with Gasteiger partial charge in [-0.25, -0.2) is 15.0 Å². The summed E-state index contributed by atoms with van der Waals surface area (Å²) in [6, 6.07) is 4.42. The van der Waals surface area contributed by atoms with E-state index < -0.39 is 0 Å². The van der Waals surface area contributed by atoms with E-state index >= 15 is 0 Å². The van der Waals surface area contributed by atoms with E-state index in [0.717, 1.165) is 85.5 Å². The van der Waals surface area contributed by atoms with Gasteiger partial charge in [0.05, 0.1) is 35.9 Å². The Bertz CT molecular complexity index is 1370. The number of pyridine rings is 2. The van der Waals surface area contributed by atoms with Crippen molar-refractivity contribution in [2.24, 2.45) is 0 Å². The van der Waals surface area contributed by atoms with Crippen LogP contribution in [0.15, 0.2) is 43.1 Å². The molecule has 37 heavy (non-hydrogen) atoms. The van der Waals surface area contributed by atoms with Crippen molar-refractivity contribution < 1.29 is 5.11 Å². The number of hydrogen-bond donors (Lipinski definition) is 4. The Morgan fingerprint density at radius 1 is 1.05 bits per heavy atom. The van der Waals surface area contributed by atoms with Gasteiger partial charge in [-0.15, -0.1) is 0 Å². The normalized spacial score (nSPS) is 20.4. The molecular weight excluding hydrogens is 466 g/mol. The van der Waals surface area contributed by atoms with Crippen molar-refractivity contribution in [3.8, 4) is 11.1 Å². The van der Waals surface area contributed by atoms with E-state index in [4.69, 9.17) is 20.1 Å². The Labute approximate surface area is 216 Å². The topological polar surface area (TPSA) is 126 Å². The van der Waals surface area contributed by atoms with E-state index in [9.17, 15) is 5.11 Å². The molecule has 192 valence electrons. The van der Waals surface area contributed by atoms with Crippen molar-refractivity contribution in [3.63, 3.8) is 0 Å². The molecule has 10 nitrogen and oxygen atoms in total. The molecule has 2 aliphatic rings. The number of aliphatic hydroxyl groups excluding tert-OH is 1. The fraction of sp³-hybridized carbons (Fsp3) is 0.444. The SMILES string of the molecule is CCc1nc2c(Nc3cccnc3)ncc(-c3cnn(C4CCNCC4)c3)c2nc1N[C@@H]1CC[C@H](O)C1. The van der Waals surface area contributed by atoms with Crippen molar-refractivity contribution in [3.05, 3.63) is 48.8 Å². The third-order valence-corrected chi connectivity index (χ3v) is 7.37.